The van der Waals surface area contributed by atoms with Crippen molar-refractivity contribution in [3.8, 4) is 0 Å². The number of aryl methyl sites for hydroxylation is 2. The third kappa shape index (κ3) is 3.36. The molecule has 1 unspecified atom stereocenters. The molecule has 1 aromatic heterocycles. The first-order valence-corrected chi connectivity index (χ1v) is 9.45. The van der Waals surface area contributed by atoms with Crippen LogP contribution in [0, 0.1) is 18.8 Å². The molecule has 0 bridgehead atoms. The van der Waals surface area contributed by atoms with Gasteiger partial charge in [0.25, 0.3) is 0 Å². The van der Waals surface area contributed by atoms with Gasteiger partial charge in [-0.15, -0.1) is 5.10 Å². The van der Waals surface area contributed by atoms with Gasteiger partial charge in [-0.1, -0.05) is 41.6 Å². The van der Waals surface area contributed by atoms with Crippen LogP contribution in [0.4, 0.5) is 0 Å². The highest BCUT2D eigenvalue weighted by Crippen LogP contribution is 2.40. The van der Waals surface area contributed by atoms with Crippen molar-refractivity contribution < 1.29 is 4.74 Å². The van der Waals surface area contributed by atoms with E-state index in [9.17, 15) is 0 Å². The highest BCUT2D eigenvalue weighted by molar-refractivity contribution is 6.10. The second kappa shape index (κ2) is 7.54. The predicted octanol–water partition coefficient (Wildman–Crippen LogP) is 3.42. The maximum Gasteiger partial charge on any atom is 0.0923 e. The molecule has 2 aromatic rings. The lowest BCUT2D eigenvalue weighted by Gasteiger charge is -2.35. The highest BCUT2D eigenvalue weighted by Gasteiger charge is 2.32. The molecule has 26 heavy (non-hydrogen) atoms. The zero-order chi connectivity index (χ0) is 17.9. The van der Waals surface area contributed by atoms with Gasteiger partial charge < -0.3 is 4.74 Å². The van der Waals surface area contributed by atoms with Gasteiger partial charge in [-0.3, -0.25) is 4.99 Å². The molecular formula is C21H26N4O. The van der Waals surface area contributed by atoms with Gasteiger partial charge in [0.15, 0.2) is 0 Å². The van der Waals surface area contributed by atoms with Crippen LogP contribution in [0.1, 0.15) is 35.7 Å². The number of hydrogen-bond acceptors (Lipinski definition) is 4. The molecule has 5 nitrogen and oxygen atoms in total. The topological polar surface area (TPSA) is 52.3 Å². The first kappa shape index (κ1) is 17.2. The van der Waals surface area contributed by atoms with Gasteiger partial charge in [0.1, 0.15) is 0 Å². The maximum absolute atomic E-state index is 5.62. The van der Waals surface area contributed by atoms with E-state index in [0.29, 0.717) is 17.8 Å². The lowest BCUT2D eigenvalue weighted by Crippen LogP contribution is -2.29. The van der Waals surface area contributed by atoms with E-state index >= 15 is 0 Å². The molecule has 3 heterocycles. The molecule has 2 atom stereocenters. The first-order valence-electron chi connectivity index (χ1n) is 9.45. The Bertz CT molecular complexity index is 783. The van der Waals surface area contributed by atoms with Crippen LogP contribution in [-0.4, -0.2) is 41.0 Å². The average Bonchev–Trinajstić information content (AvgIpc) is 3.02. The van der Waals surface area contributed by atoms with Crippen LogP contribution in [0.2, 0.25) is 0 Å². The third-order valence-electron chi connectivity index (χ3n) is 5.63. The SMILES string of the molecule is Cc1nnn(C)c1C1=CC([C@@H](c2ccccc2)C2CCOCC2)CN=C1. The molecule has 1 saturated heterocycles. The summed E-state index contributed by atoms with van der Waals surface area (Å²) < 4.78 is 7.47. The Hall–Kier alpha value is -2.27. The van der Waals surface area contributed by atoms with Crippen molar-refractivity contribution in [1.82, 2.24) is 15.0 Å². The molecule has 1 aromatic carbocycles. The van der Waals surface area contributed by atoms with E-state index in [1.54, 1.807) is 0 Å². The highest BCUT2D eigenvalue weighted by atomic mass is 16.5. The van der Waals surface area contributed by atoms with Gasteiger partial charge in [0.2, 0.25) is 0 Å². The summed E-state index contributed by atoms with van der Waals surface area (Å²) in [4.78, 5) is 4.73. The molecule has 4 rings (SSSR count). The first-order chi connectivity index (χ1) is 12.7. The number of rotatable bonds is 4. The number of nitrogens with zero attached hydrogens (tertiary/aromatic N) is 4. The van der Waals surface area contributed by atoms with Gasteiger partial charge >= 0.3 is 0 Å². The Labute approximate surface area is 154 Å². The standard InChI is InChI=1S/C21H26N4O/c1-15-21(25(2)24-23-15)19-12-18(13-22-14-19)20(16-6-4-3-5-7-16)17-8-10-26-11-9-17/h3-7,12,14,17-18,20H,8-11,13H2,1-2H3/t18?,20-/m0/s1. The third-order valence-corrected chi connectivity index (χ3v) is 5.63. The fourth-order valence-electron chi connectivity index (χ4n) is 4.43. The molecule has 0 aliphatic carbocycles. The summed E-state index contributed by atoms with van der Waals surface area (Å²) in [7, 11) is 1.95. The van der Waals surface area contributed by atoms with E-state index in [0.717, 1.165) is 49.6 Å². The minimum absolute atomic E-state index is 0.384. The zero-order valence-electron chi connectivity index (χ0n) is 15.5. The molecule has 5 heteroatoms. The molecule has 0 amide bonds. The number of dihydropyridines is 1. The summed E-state index contributed by atoms with van der Waals surface area (Å²) >= 11 is 0. The Morgan fingerprint density at radius 2 is 1.92 bits per heavy atom. The second-order valence-corrected chi connectivity index (χ2v) is 7.31. The number of hydrogen-bond donors (Lipinski definition) is 0. The lowest BCUT2D eigenvalue weighted by atomic mass is 9.72. The molecule has 136 valence electrons. The van der Waals surface area contributed by atoms with Crippen LogP contribution in [0.5, 0.6) is 0 Å². The van der Waals surface area contributed by atoms with Crippen LogP contribution in [-0.2, 0) is 11.8 Å². The Balaban J connectivity index is 1.70. The summed E-state index contributed by atoms with van der Waals surface area (Å²) in [6.07, 6.45) is 6.62. The van der Waals surface area contributed by atoms with Crippen LogP contribution in [0.3, 0.4) is 0 Å². The molecule has 1 fully saturated rings. The minimum Gasteiger partial charge on any atom is -0.381 e. The smallest absolute Gasteiger partial charge is 0.0923 e. The Morgan fingerprint density at radius 3 is 2.62 bits per heavy atom. The molecule has 0 saturated carbocycles. The summed E-state index contributed by atoms with van der Waals surface area (Å²) in [5.41, 5.74) is 4.57. The molecule has 0 radical (unpaired) electrons. The van der Waals surface area contributed by atoms with Gasteiger partial charge in [0, 0.05) is 44.5 Å². The number of benzene rings is 1. The monoisotopic (exact) mass is 350 g/mol. The van der Waals surface area contributed by atoms with Crippen LogP contribution >= 0.6 is 0 Å². The van der Waals surface area contributed by atoms with Crippen LogP contribution < -0.4 is 0 Å². The number of ether oxygens (including phenoxy) is 1. The zero-order valence-corrected chi connectivity index (χ0v) is 15.5. The minimum atomic E-state index is 0.384. The van der Waals surface area contributed by atoms with Gasteiger partial charge in [0.05, 0.1) is 11.4 Å². The van der Waals surface area contributed by atoms with Gasteiger partial charge in [-0.2, -0.15) is 0 Å². The van der Waals surface area contributed by atoms with E-state index in [2.05, 4.69) is 46.7 Å². The molecule has 0 spiro atoms. The van der Waals surface area contributed by atoms with E-state index in [4.69, 9.17) is 9.73 Å². The largest absolute Gasteiger partial charge is 0.381 e. The fraction of sp³-hybridized carbons (Fsp3) is 0.476. The number of allylic oxidation sites excluding steroid dienone is 1. The summed E-state index contributed by atoms with van der Waals surface area (Å²) in [6.45, 7) is 4.58. The van der Waals surface area contributed by atoms with Crippen molar-refractivity contribution in [3.63, 3.8) is 0 Å². The van der Waals surface area contributed by atoms with E-state index < -0.39 is 0 Å². The second-order valence-electron chi connectivity index (χ2n) is 7.31. The number of aromatic nitrogens is 3. The van der Waals surface area contributed by atoms with Crippen molar-refractivity contribution in [2.24, 2.45) is 23.9 Å². The average molecular weight is 350 g/mol. The van der Waals surface area contributed by atoms with Crippen molar-refractivity contribution in [1.29, 1.82) is 0 Å². The van der Waals surface area contributed by atoms with Gasteiger partial charge in [-0.25, -0.2) is 4.68 Å². The number of aliphatic imine (C=N–C) groups is 1. The van der Waals surface area contributed by atoms with Crippen LogP contribution in [0.15, 0.2) is 41.4 Å². The molecule has 2 aliphatic heterocycles. The van der Waals surface area contributed by atoms with E-state index in [-0.39, 0.29) is 0 Å². The molecular weight excluding hydrogens is 324 g/mol. The quantitative estimate of drug-likeness (QED) is 0.849. The maximum atomic E-state index is 5.62. The Kier molecular flexibility index (Phi) is 4.98. The normalized spacial score (nSPS) is 22.2. The van der Waals surface area contributed by atoms with Crippen molar-refractivity contribution >= 4 is 11.8 Å². The predicted molar refractivity (Wildman–Crippen MR) is 103 cm³/mol. The van der Waals surface area contributed by atoms with Crippen molar-refractivity contribution in [3.05, 3.63) is 53.4 Å². The fourth-order valence-corrected chi connectivity index (χ4v) is 4.43. The van der Waals surface area contributed by atoms with E-state index in [1.165, 1.54) is 5.56 Å². The van der Waals surface area contributed by atoms with Crippen LogP contribution in [0.25, 0.3) is 5.57 Å². The summed E-state index contributed by atoms with van der Waals surface area (Å²) in [5, 5.41) is 8.36. The van der Waals surface area contributed by atoms with Crippen molar-refractivity contribution in [2.75, 3.05) is 19.8 Å². The van der Waals surface area contributed by atoms with Crippen molar-refractivity contribution in [2.45, 2.75) is 25.7 Å². The van der Waals surface area contributed by atoms with Gasteiger partial charge in [-0.05, 0) is 37.2 Å². The Morgan fingerprint density at radius 1 is 1.15 bits per heavy atom. The molecule has 2 aliphatic rings. The lowest BCUT2D eigenvalue weighted by molar-refractivity contribution is 0.0532. The summed E-state index contributed by atoms with van der Waals surface area (Å²) in [5.74, 6) is 1.48. The summed E-state index contributed by atoms with van der Waals surface area (Å²) in [6, 6.07) is 10.9. The molecule has 0 N–H and O–H groups in total. The van der Waals surface area contributed by atoms with E-state index in [1.807, 2.05) is 24.9 Å².